The van der Waals surface area contributed by atoms with Crippen LogP contribution < -0.4 is 0 Å². The number of rotatable bonds is 6. The van der Waals surface area contributed by atoms with Crippen molar-refractivity contribution in [2.24, 2.45) is 0 Å². The molecule has 0 saturated carbocycles. The number of hydrogen-bond donors (Lipinski definition) is 1. The Hall–Kier alpha value is -2.78. The highest BCUT2D eigenvalue weighted by Crippen LogP contribution is 2.16. The van der Waals surface area contributed by atoms with E-state index in [0.717, 1.165) is 11.1 Å². The molecule has 0 radical (unpaired) electrons. The zero-order valence-corrected chi connectivity index (χ0v) is 11.9. The standard InChI is InChI=1S/C19H16O3/c20-13-17(11-15-7-3-1-4-8-15)19(22)18(14-21)12-16-9-5-2-6-10-16/h1-14,19,22H/b17-11-,18-12-. The smallest absolute Gasteiger partial charge is 0.149 e. The maximum Gasteiger partial charge on any atom is 0.149 e. The quantitative estimate of drug-likeness (QED) is 0.658. The molecule has 2 aromatic carbocycles. The Labute approximate surface area is 129 Å². The van der Waals surface area contributed by atoms with Crippen LogP contribution in [0.15, 0.2) is 71.8 Å². The van der Waals surface area contributed by atoms with Gasteiger partial charge in [0.05, 0.1) is 0 Å². The van der Waals surface area contributed by atoms with E-state index in [2.05, 4.69) is 0 Å². The Morgan fingerprint density at radius 2 is 1.09 bits per heavy atom. The molecule has 0 aromatic heterocycles. The van der Waals surface area contributed by atoms with Gasteiger partial charge in [0.1, 0.15) is 18.7 Å². The van der Waals surface area contributed by atoms with Crippen LogP contribution in [0.4, 0.5) is 0 Å². The summed E-state index contributed by atoms with van der Waals surface area (Å²) < 4.78 is 0. The van der Waals surface area contributed by atoms with Gasteiger partial charge in [0, 0.05) is 11.1 Å². The minimum absolute atomic E-state index is 0.139. The monoisotopic (exact) mass is 292 g/mol. The van der Waals surface area contributed by atoms with Crippen LogP contribution in [0.25, 0.3) is 12.2 Å². The van der Waals surface area contributed by atoms with Gasteiger partial charge in [-0.3, -0.25) is 9.59 Å². The van der Waals surface area contributed by atoms with Crippen molar-refractivity contribution in [1.82, 2.24) is 0 Å². The first-order chi connectivity index (χ1) is 10.7. The lowest BCUT2D eigenvalue weighted by atomic mass is 9.99. The SMILES string of the molecule is O=C/C(=C/c1ccccc1)C(O)/C(C=O)=C\c1ccccc1. The van der Waals surface area contributed by atoms with Gasteiger partial charge in [0.15, 0.2) is 0 Å². The second-order valence-corrected chi connectivity index (χ2v) is 4.75. The number of carbonyl (C=O) groups excluding carboxylic acids is 2. The van der Waals surface area contributed by atoms with Crippen molar-refractivity contribution in [1.29, 1.82) is 0 Å². The van der Waals surface area contributed by atoms with Gasteiger partial charge in [-0.05, 0) is 23.3 Å². The molecule has 0 bridgehead atoms. The maximum absolute atomic E-state index is 11.3. The Bertz CT molecular complexity index is 624. The third-order valence-electron chi connectivity index (χ3n) is 3.17. The minimum atomic E-state index is -1.25. The molecule has 0 aliphatic carbocycles. The van der Waals surface area contributed by atoms with E-state index < -0.39 is 6.10 Å². The van der Waals surface area contributed by atoms with Crippen LogP contribution >= 0.6 is 0 Å². The highest BCUT2D eigenvalue weighted by Gasteiger charge is 2.15. The molecule has 0 spiro atoms. The first-order valence-electron chi connectivity index (χ1n) is 6.86. The summed E-state index contributed by atoms with van der Waals surface area (Å²) in [5, 5.41) is 10.3. The second kappa shape index (κ2) is 7.86. The number of carbonyl (C=O) groups is 2. The molecule has 22 heavy (non-hydrogen) atoms. The Kier molecular flexibility index (Phi) is 5.57. The van der Waals surface area contributed by atoms with Gasteiger partial charge < -0.3 is 5.11 Å². The molecule has 0 aliphatic rings. The van der Waals surface area contributed by atoms with Crippen molar-refractivity contribution >= 4 is 24.7 Å². The van der Waals surface area contributed by atoms with Crippen molar-refractivity contribution in [3.63, 3.8) is 0 Å². The van der Waals surface area contributed by atoms with Crippen LogP contribution in [0.2, 0.25) is 0 Å². The number of aliphatic hydroxyl groups is 1. The van der Waals surface area contributed by atoms with Crippen LogP contribution in [-0.4, -0.2) is 23.8 Å². The molecule has 3 nitrogen and oxygen atoms in total. The molecule has 2 aromatic rings. The lowest BCUT2D eigenvalue weighted by Gasteiger charge is -2.10. The fourth-order valence-corrected chi connectivity index (χ4v) is 2.03. The third kappa shape index (κ3) is 4.11. The zero-order valence-electron chi connectivity index (χ0n) is 11.9. The molecule has 0 amide bonds. The van der Waals surface area contributed by atoms with Gasteiger partial charge >= 0.3 is 0 Å². The van der Waals surface area contributed by atoms with E-state index >= 15 is 0 Å². The van der Waals surface area contributed by atoms with Crippen LogP contribution in [0.3, 0.4) is 0 Å². The Morgan fingerprint density at radius 3 is 1.41 bits per heavy atom. The van der Waals surface area contributed by atoms with E-state index in [9.17, 15) is 14.7 Å². The average molecular weight is 292 g/mol. The van der Waals surface area contributed by atoms with Gasteiger partial charge in [0.2, 0.25) is 0 Å². The highest BCUT2D eigenvalue weighted by atomic mass is 16.3. The molecule has 110 valence electrons. The molecular formula is C19H16O3. The third-order valence-corrected chi connectivity index (χ3v) is 3.17. The molecule has 0 saturated heterocycles. The van der Waals surface area contributed by atoms with E-state index in [4.69, 9.17) is 0 Å². The minimum Gasteiger partial charge on any atom is -0.383 e. The lowest BCUT2D eigenvalue weighted by Crippen LogP contribution is -2.15. The summed E-state index contributed by atoms with van der Waals surface area (Å²) in [5.74, 6) is 0. The number of benzene rings is 2. The fourth-order valence-electron chi connectivity index (χ4n) is 2.03. The molecule has 0 heterocycles. The largest absolute Gasteiger partial charge is 0.383 e. The lowest BCUT2D eigenvalue weighted by molar-refractivity contribution is -0.106. The van der Waals surface area contributed by atoms with Crippen LogP contribution in [0.1, 0.15) is 11.1 Å². The molecule has 2 rings (SSSR count). The molecule has 1 N–H and O–H groups in total. The molecule has 3 heteroatoms. The van der Waals surface area contributed by atoms with E-state index in [1.54, 1.807) is 12.2 Å². The maximum atomic E-state index is 11.3. The van der Waals surface area contributed by atoms with Gasteiger partial charge in [-0.2, -0.15) is 0 Å². The van der Waals surface area contributed by atoms with Crippen molar-refractivity contribution in [3.8, 4) is 0 Å². The first-order valence-corrected chi connectivity index (χ1v) is 6.86. The van der Waals surface area contributed by atoms with Crippen LogP contribution in [0, 0.1) is 0 Å². The van der Waals surface area contributed by atoms with Crippen molar-refractivity contribution in [2.45, 2.75) is 6.10 Å². The summed E-state index contributed by atoms with van der Waals surface area (Å²) in [6, 6.07) is 18.3. The van der Waals surface area contributed by atoms with E-state index in [0.29, 0.717) is 12.6 Å². The summed E-state index contributed by atoms with van der Waals surface area (Å²) in [6.07, 6.45) is 3.02. The second-order valence-electron chi connectivity index (χ2n) is 4.75. The van der Waals surface area contributed by atoms with E-state index in [-0.39, 0.29) is 11.1 Å². The van der Waals surface area contributed by atoms with Crippen LogP contribution in [0.5, 0.6) is 0 Å². The fraction of sp³-hybridized carbons (Fsp3) is 0.0526. The summed E-state index contributed by atoms with van der Waals surface area (Å²) in [7, 11) is 0. The topological polar surface area (TPSA) is 54.4 Å². The molecule has 0 aliphatic heterocycles. The number of aldehydes is 2. The predicted molar refractivity (Wildman–Crippen MR) is 87.0 cm³/mol. The number of aliphatic hydroxyl groups excluding tert-OH is 1. The summed E-state index contributed by atoms with van der Waals surface area (Å²) in [5.41, 5.74) is 1.85. The predicted octanol–water partition coefficient (Wildman–Crippen LogP) is 2.91. The van der Waals surface area contributed by atoms with E-state index in [1.807, 2.05) is 60.7 Å². The average Bonchev–Trinajstić information content (AvgIpc) is 2.59. The van der Waals surface area contributed by atoms with Gasteiger partial charge in [-0.25, -0.2) is 0 Å². The van der Waals surface area contributed by atoms with E-state index in [1.165, 1.54) is 0 Å². The van der Waals surface area contributed by atoms with Crippen molar-refractivity contribution in [3.05, 3.63) is 82.9 Å². The van der Waals surface area contributed by atoms with Gasteiger partial charge in [-0.1, -0.05) is 60.7 Å². The van der Waals surface area contributed by atoms with Gasteiger partial charge in [0.25, 0.3) is 0 Å². The summed E-state index contributed by atoms with van der Waals surface area (Å²) >= 11 is 0. The Morgan fingerprint density at radius 1 is 0.727 bits per heavy atom. The van der Waals surface area contributed by atoms with Crippen molar-refractivity contribution < 1.29 is 14.7 Å². The normalized spacial score (nSPS) is 13.5. The summed E-state index contributed by atoms with van der Waals surface area (Å²) in [6.45, 7) is 0. The molecule has 0 unspecified atom stereocenters. The Balaban J connectivity index is 2.32. The molecule has 0 fully saturated rings. The number of hydrogen-bond acceptors (Lipinski definition) is 3. The highest BCUT2D eigenvalue weighted by molar-refractivity contribution is 5.91. The van der Waals surface area contributed by atoms with Gasteiger partial charge in [-0.15, -0.1) is 0 Å². The molecule has 0 atom stereocenters. The molecular weight excluding hydrogens is 276 g/mol. The van der Waals surface area contributed by atoms with Crippen molar-refractivity contribution in [2.75, 3.05) is 0 Å². The summed E-state index contributed by atoms with van der Waals surface area (Å²) in [4.78, 5) is 22.5. The zero-order chi connectivity index (χ0) is 15.8. The van der Waals surface area contributed by atoms with Crippen LogP contribution in [-0.2, 0) is 9.59 Å². The first kappa shape index (κ1) is 15.6.